The van der Waals surface area contributed by atoms with Gasteiger partial charge in [0.2, 0.25) is 0 Å². The lowest BCUT2D eigenvalue weighted by atomic mass is 10.1. The molecule has 4 nitrogen and oxygen atoms in total. The Bertz CT molecular complexity index is 884. The Kier molecular flexibility index (Phi) is 5.54. The third-order valence-corrected chi connectivity index (χ3v) is 5.72. The maximum absolute atomic E-state index is 9.11. The van der Waals surface area contributed by atoms with Crippen molar-refractivity contribution in [2.75, 3.05) is 6.61 Å². The normalized spacial score (nSPS) is 11.4. The Balaban J connectivity index is 2.19. The van der Waals surface area contributed by atoms with Crippen molar-refractivity contribution < 1.29 is 5.11 Å². The van der Waals surface area contributed by atoms with Crippen LogP contribution in [0, 0.1) is 13.8 Å². The highest BCUT2D eigenvalue weighted by Gasteiger charge is 2.18. The molecule has 5 heteroatoms. The highest BCUT2D eigenvalue weighted by atomic mass is 79.9. The van der Waals surface area contributed by atoms with Gasteiger partial charge in [-0.25, -0.2) is 9.97 Å². The average Bonchev–Trinajstić information content (AvgIpc) is 2.97. The Morgan fingerprint density at radius 2 is 1.80 bits per heavy atom. The number of imidazole rings is 1. The van der Waals surface area contributed by atoms with Crippen LogP contribution in [-0.2, 0) is 12.8 Å². The quantitative estimate of drug-likeness (QED) is 0.652. The number of pyridine rings is 1. The molecule has 0 atom stereocenters. The number of aryl methyl sites for hydroxylation is 3. The Morgan fingerprint density at radius 3 is 2.44 bits per heavy atom. The molecule has 0 saturated carbocycles. The summed E-state index contributed by atoms with van der Waals surface area (Å²) in [7, 11) is 0. The molecule has 0 aliphatic rings. The first-order valence-corrected chi connectivity index (χ1v) is 9.60. The van der Waals surface area contributed by atoms with E-state index in [9.17, 15) is 0 Å². The summed E-state index contributed by atoms with van der Waals surface area (Å²) < 4.78 is 3.21. The van der Waals surface area contributed by atoms with Gasteiger partial charge in [0.15, 0.2) is 5.65 Å². The molecule has 2 aromatic heterocycles. The van der Waals surface area contributed by atoms with Crippen molar-refractivity contribution in [3.8, 4) is 5.69 Å². The number of fused-ring (bicyclic) bond motifs is 1. The van der Waals surface area contributed by atoms with Crippen LogP contribution < -0.4 is 0 Å². The van der Waals surface area contributed by atoms with Gasteiger partial charge in [0, 0.05) is 23.2 Å². The van der Waals surface area contributed by atoms with E-state index < -0.39 is 0 Å². The molecule has 0 bridgehead atoms. The zero-order valence-corrected chi connectivity index (χ0v) is 16.6. The van der Waals surface area contributed by atoms with Crippen LogP contribution in [0.3, 0.4) is 0 Å². The predicted molar refractivity (Wildman–Crippen MR) is 105 cm³/mol. The summed E-state index contributed by atoms with van der Waals surface area (Å²) in [6.45, 7) is 6.47. The monoisotopic (exact) mass is 401 g/mol. The van der Waals surface area contributed by atoms with E-state index in [1.807, 2.05) is 6.92 Å². The van der Waals surface area contributed by atoms with Gasteiger partial charge >= 0.3 is 0 Å². The Hall–Kier alpha value is -1.72. The van der Waals surface area contributed by atoms with E-state index in [4.69, 9.17) is 15.1 Å². The first kappa shape index (κ1) is 18.1. The molecule has 3 aromatic rings. The maximum Gasteiger partial charge on any atom is 0.165 e. The summed E-state index contributed by atoms with van der Waals surface area (Å²) in [5.41, 5.74) is 6.20. The molecule has 1 N–H and O–H groups in total. The van der Waals surface area contributed by atoms with Crippen LogP contribution in [0.4, 0.5) is 0 Å². The van der Waals surface area contributed by atoms with Gasteiger partial charge < -0.3 is 5.11 Å². The van der Waals surface area contributed by atoms with Gasteiger partial charge in [-0.15, -0.1) is 0 Å². The second-order valence-corrected chi connectivity index (χ2v) is 7.21. The minimum atomic E-state index is 0.170. The maximum atomic E-state index is 9.11. The van der Waals surface area contributed by atoms with Crippen LogP contribution in [0.5, 0.6) is 0 Å². The van der Waals surface area contributed by atoms with Gasteiger partial charge in [0.1, 0.15) is 11.3 Å². The van der Waals surface area contributed by atoms with Crippen molar-refractivity contribution in [1.29, 1.82) is 0 Å². The molecule has 0 amide bonds. The summed E-state index contributed by atoms with van der Waals surface area (Å²) >= 11 is 3.63. The molecule has 3 rings (SSSR count). The fourth-order valence-corrected chi connectivity index (χ4v) is 3.39. The highest BCUT2D eigenvalue weighted by Crippen LogP contribution is 2.29. The summed E-state index contributed by atoms with van der Waals surface area (Å²) in [4.78, 5) is 9.73. The zero-order chi connectivity index (χ0) is 18.0. The number of rotatable bonds is 6. The van der Waals surface area contributed by atoms with Gasteiger partial charge in [0.05, 0.1) is 5.69 Å². The van der Waals surface area contributed by atoms with Gasteiger partial charge in [-0.05, 0) is 65.9 Å². The zero-order valence-electron chi connectivity index (χ0n) is 15.0. The Labute approximate surface area is 157 Å². The van der Waals surface area contributed by atoms with Crippen molar-refractivity contribution in [2.24, 2.45) is 0 Å². The molecular formula is C20H24BrN3O. The second kappa shape index (κ2) is 7.67. The SMILES string of the molecule is CCCCc1nc2c(C)c(Br)c(C)nc2n1-c1ccc(CCO)cc1. The molecule has 0 saturated heterocycles. The molecular weight excluding hydrogens is 378 g/mol. The molecule has 132 valence electrons. The van der Waals surface area contributed by atoms with Crippen LogP contribution in [0.2, 0.25) is 0 Å². The topological polar surface area (TPSA) is 50.9 Å². The molecule has 2 heterocycles. The minimum Gasteiger partial charge on any atom is -0.396 e. The number of nitrogens with zero attached hydrogens (tertiary/aromatic N) is 3. The van der Waals surface area contributed by atoms with Crippen LogP contribution >= 0.6 is 15.9 Å². The molecule has 0 radical (unpaired) electrons. The van der Waals surface area contributed by atoms with Crippen LogP contribution in [-0.4, -0.2) is 26.2 Å². The summed E-state index contributed by atoms with van der Waals surface area (Å²) in [6, 6.07) is 8.32. The third kappa shape index (κ3) is 3.48. The number of halogens is 1. The largest absolute Gasteiger partial charge is 0.396 e. The van der Waals surface area contributed by atoms with E-state index in [0.717, 1.165) is 63.2 Å². The molecule has 25 heavy (non-hydrogen) atoms. The van der Waals surface area contributed by atoms with Crippen LogP contribution in [0.25, 0.3) is 16.9 Å². The third-order valence-electron chi connectivity index (χ3n) is 4.55. The number of benzene rings is 1. The summed E-state index contributed by atoms with van der Waals surface area (Å²) in [5.74, 6) is 1.06. The number of aromatic nitrogens is 3. The number of aliphatic hydroxyl groups excluding tert-OH is 1. The van der Waals surface area contributed by atoms with Gasteiger partial charge in [-0.3, -0.25) is 4.57 Å². The minimum absolute atomic E-state index is 0.170. The Morgan fingerprint density at radius 1 is 1.08 bits per heavy atom. The molecule has 1 aromatic carbocycles. The number of unbranched alkanes of at least 4 members (excludes halogenated alkanes) is 1. The fourth-order valence-electron chi connectivity index (χ4n) is 3.11. The van der Waals surface area contributed by atoms with Gasteiger partial charge in [0.25, 0.3) is 0 Å². The van der Waals surface area contributed by atoms with E-state index in [1.54, 1.807) is 0 Å². The number of hydrogen-bond donors (Lipinski definition) is 1. The first-order chi connectivity index (χ1) is 12.1. The lowest BCUT2D eigenvalue weighted by Gasteiger charge is -2.10. The average molecular weight is 402 g/mol. The van der Waals surface area contributed by atoms with E-state index in [2.05, 4.69) is 58.6 Å². The standard InChI is InChI=1S/C20H24BrN3O/c1-4-5-6-17-23-19-13(2)18(21)14(3)22-20(19)24(17)16-9-7-15(8-10-16)11-12-25/h7-10,25H,4-6,11-12H2,1-3H3. The number of hydrogen-bond acceptors (Lipinski definition) is 3. The number of aliphatic hydroxyl groups is 1. The first-order valence-electron chi connectivity index (χ1n) is 8.81. The molecule has 0 aliphatic carbocycles. The fraction of sp³-hybridized carbons (Fsp3) is 0.400. The van der Waals surface area contributed by atoms with Crippen molar-refractivity contribution in [3.63, 3.8) is 0 Å². The van der Waals surface area contributed by atoms with E-state index in [1.165, 1.54) is 0 Å². The molecule has 0 fully saturated rings. The lowest BCUT2D eigenvalue weighted by molar-refractivity contribution is 0.299. The highest BCUT2D eigenvalue weighted by molar-refractivity contribution is 9.10. The van der Waals surface area contributed by atoms with Crippen LogP contribution in [0.1, 0.15) is 42.4 Å². The molecule has 0 spiro atoms. The predicted octanol–water partition coefficient (Wildman–Crippen LogP) is 4.68. The van der Waals surface area contributed by atoms with Gasteiger partial charge in [-0.1, -0.05) is 25.5 Å². The molecule has 0 aliphatic heterocycles. The van der Waals surface area contributed by atoms with Crippen LogP contribution in [0.15, 0.2) is 28.7 Å². The summed E-state index contributed by atoms with van der Waals surface area (Å²) in [6.07, 6.45) is 3.84. The molecule has 0 unspecified atom stereocenters. The lowest BCUT2D eigenvalue weighted by Crippen LogP contribution is -2.03. The van der Waals surface area contributed by atoms with Crippen molar-refractivity contribution in [1.82, 2.24) is 14.5 Å². The summed E-state index contributed by atoms with van der Waals surface area (Å²) in [5, 5.41) is 9.11. The van der Waals surface area contributed by atoms with Crippen molar-refractivity contribution in [2.45, 2.75) is 46.5 Å². The van der Waals surface area contributed by atoms with E-state index in [-0.39, 0.29) is 6.61 Å². The smallest absolute Gasteiger partial charge is 0.165 e. The van der Waals surface area contributed by atoms with Crippen molar-refractivity contribution >= 4 is 27.1 Å². The van der Waals surface area contributed by atoms with E-state index >= 15 is 0 Å². The van der Waals surface area contributed by atoms with E-state index in [0.29, 0.717) is 6.42 Å². The van der Waals surface area contributed by atoms with Crippen molar-refractivity contribution in [3.05, 3.63) is 51.4 Å². The van der Waals surface area contributed by atoms with Gasteiger partial charge in [-0.2, -0.15) is 0 Å². The second-order valence-electron chi connectivity index (χ2n) is 6.42.